The van der Waals surface area contributed by atoms with Gasteiger partial charge in [-0.2, -0.15) is 0 Å². The van der Waals surface area contributed by atoms with Gasteiger partial charge in [-0.15, -0.1) is 6.58 Å². The number of piperidine rings is 1. The summed E-state index contributed by atoms with van der Waals surface area (Å²) < 4.78 is 0. The van der Waals surface area contributed by atoms with E-state index >= 15 is 0 Å². The maximum atomic E-state index is 3.89. The molecule has 1 saturated heterocycles. The van der Waals surface area contributed by atoms with Crippen molar-refractivity contribution in [2.75, 3.05) is 13.1 Å². The summed E-state index contributed by atoms with van der Waals surface area (Å²) in [4.78, 5) is 2.67. The van der Waals surface area contributed by atoms with Crippen LogP contribution in [0, 0.1) is 11.8 Å². The number of nitrogens with zero attached hydrogens (tertiary/aromatic N) is 1. The number of rotatable bonds is 4. The lowest BCUT2D eigenvalue weighted by Gasteiger charge is -2.49. The number of nitrogens with one attached hydrogen (secondary N) is 1. The minimum Gasteiger partial charge on any atom is -0.307 e. The van der Waals surface area contributed by atoms with Crippen molar-refractivity contribution in [3.05, 3.63) is 12.7 Å². The fourth-order valence-electron chi connectivity index (χ4n) is 3.54. The van der Waals surface area contributed by atoms with Crippen LogP contribution in [0.5, 0.6) is 0 Å². The summed E-state index contributed by atoms with van der Waals surface area (Å²) in [6, 6.07) is 1.89. The lowest BCUT2D eigenvalue weighted by molar-refractivity contribution is 0.0277. The van der Waals surface area contributed by atoms with Crippen LogP contribution < -0.4 is 5.32 Å². The molecular formula is C15H28N2. The molecule has 2 fully saturated rings. The lowest BCUT2D eigenvalue weighted by atomic mass is 9.73. The molecule has 3 unspecified atom stereocenters. The van der Waals surface area contributed by atoms with E-state index in [4.69, 9.17) is 0 Å². The van der Waals surface area contributed by atoms with Gasteiger partial charge >= 0.3 is 0 Å². The molecule has 0 radical (unpaired) electrons. The van der Waals surface area contributed by atoms with Gasteiger partial charge in [-0.05, 0) is 45.4 Å². The van der Waals surface area contributed by atoms with E-state index in [0.29, 0.717) is 12.1 Å². The third kappa shape index (κ3) is 2.92. The second kappa shape index (κ2) is 5.53. The van der Waals surface area contributed by atoms with Gasteiger partial charge in [0, 0.05) is 31.2 Å². The molecule has 1 aliphatic carbocycles. The molecule has 0 aromatic rings. The van der Waals surface area contributed by atoms with Gasteiger partial charge in [0.1, 0.15) is 0 Å². The molecule has 2 aliphatic rings. The maximum absolute atomic E-state index is 3.89. The molecule has 2 nitrogen and oxygen atoms in total. The van der Waals surface area contributed by atoms with E-state index in [9.17, 15) is 0 Å². The topological polar surface area (TPSA) is 15.3 Å². The fourth-order valence-corrected chi connectivity index (χ4v) is 3.54. The summed E-state index contributed by atoms with van der Waals surface area (Å²) in [6.07, 6.45) is 6.27. The molecule has 2 rings (SSSR count). The van der Waals surface area contributed by atoms with Crippen LogP contribution in [0.25, 0.3) is 0 Å². The van der Waals surface area contributed by atoms with E-state index in [1.807, 2.05) is 6.08 Å². The molecule has 0 amide bonds. The molecular weight excluding hydrogens is 208 g/mol. The average Bonchev–Trinajstić information content (AvgIpc) is 2.27. The van der Waals surface area contributed by atoms with E-state index < -0.39 is 0 Å². The van der Waals surface area contributed by atoms with Gasteiger partial charge in [-0.25, -0.2) is 0 Å². The molecule has 98 valence electrons. The standard InChI is InChI=1S/C15H28N2/c1-5-12(4)16-15-13-7-6-8-14(15)10-17(9-13)11(2)3/h5,11-16H,1,6-10H2,2-4H3. The van der Waals surface area contributed by atoms with Crippen LogP contribution >= 0.6 is 0 Å². The molecule has 3 atom stereocenters. The van der Waals surface area contributed by atoms with Crippen LogP contribution in [0.15, 0.2) is 12.7 Å². The summed E-state index contributed by atoms with van der Waals surface area (Å²) in [5, 5.41) is 3.79. The fraction of sp³-hybridized carbons (Fsp3) is 0.867. The molecule has 0 spiro atoms. The second-order valence-electron chi connectivity index (χ2n) is 6.22. The van der Waals surface area contributed by atoms with Crippen LogP contribution in [-0.4, -0.2) is 36.1 Å². The first-order valence-electron chi connectivity index (χ1n) is 7.24. The predicted octanol–water partition coefficient (Wildman–Crippen LogP) is 2.66. The zero-order chi connectivity index (χ0) is 12.4. The number of fused-ring (bicyclic) bond motifs is 2. The quantitative estimate of drug-likeness (QED) is 0.755. The highest BCUT2D eigenvalue weighted by Crippen LogP contribution is 2.35. The molecule has 1 saturated carbocycles. The molecule has 17 heavy (non-hydrogen) atoms. The first kappa shape index (κ1) is 13.1. The van der Waals surface area contributed by atoms with Crippen LogP contribution in [0.1, 0.15) is 40.0 Å². The van der Waals surface area contributed by atoms with Crippen molar-refractivity contribution < 1.29 is 0 Å². The van der Waals surface area contributed by atoms with Crippen LogP contribution in [0.4, 0.5) is 0 Å². The van der Waals surface area contributed by atoms with Gasteiger partial charge in [0.15, 0.2) is 0 Å². The summed E-state index contributed by atoms with van der Waals surface area (Å²) in [5.74, 6) is 1.71. The Morgan fingerprint density at radius 3 is 2.24 bits per heavy atom. The van der Waals surface area contributed by atoms with Crippen LogP contribution in [-0.2, 0) is 0 Å². The molecule has 1 heterocycles. The Balaban J connectivity index is 2.02. The van der Waals surface area contributed by atoms with Crippen molar-refractivity contribution in [2.45, 2.75) is 58.2 Å². The molecule has 1 aliphatic heterocycles. The molecule has 0 aromatic carbocycles. The van der Waals surface area contributed by atoms with E-state index in [1.165, 1.54) is 32.4 Å². The first-order valence-corrected chi connectivity index (χ1v) is 7.24. The highest BCUT2D eigenvalue weighted by molar-refractivity contribution is 4.98. The number of hydrogen-bond acceptors (Lipinski definition) is 2. The Morgan fingerprint density at radius 2 is 1.76 bits per heavy atom. The molecule has 0 aromatic heterocycles. The summed E-state index contributed by atoms with van der Waals surface area (Å²) in [5.41, 5.74) is 0. The van der Waals surface area contributed by atoms with Crippen molar-refractivity contribution >= 4 is 0 Å². The van der Waals surface area contributed by atoms with Gasteiger partial charge in [-0.3, -0.25) is 0 Å². The number of likely N-dealkylation sites (tertiary alicyclic amines) is 1. The minimum atomic E-state index is 0.452. The van der Waals surface area contributed by atoms with E-state index in [1.54, 1.807) is 0 Å². The summed E-state index contributed by atoms with van der Waals surface area (Å²) >= 11 is 0. The Bertz CT molecular complexity index is 248. The third-order valence-electron chi connectivity index (χ3n) is 4.64. The first-order chi connectivity index (χ1) is 8.11. The second-order valence-corrected chi connectivity index (χ2v) is 6.22. The summed E-state index contributed by atoms with van der Waals surface area (Å²) in [6.45, 7) is 13.3. The molecule has 1 N–H and O–H groups in total. The number of hydrogen-bond donors (Lipinski definition) is 1. The van der Waals surface area contributed by atoms with Gasteiger partial charge in [0.25, 0.3) is 0 Å². The third-order valence-corrected chi connectivity index (χ3v) is 4.64. The Kier molecular flexibility index (Phi) is 4.26. The largest absolute Gasteiger partial charge is 0.307 e. The van der Waals surface area contributed by atoms with E-state index in [2.05, 4.69) is 37.6 Å². The average molecular weight is 236 g/mol. The normalized spacial score (nSPS) is 35.9. The zero-order valence-corrected chi connectivity index (χ0v) is 11.7. The monoisotopic (exact) mass is 236 g/mol. The maximum Gasteiger partial charge on any atom is 0.0221 e. The minimum absolute atomic E-state index is 0.452. The molecule has 2 heteroatoms. The van der Waals surface area contributed by atoms with Crippen molar-refractivity contribution in [2.24, 2.45) is 11.8 Å². The molecule has 2 bridgehead atoms. The highest BCUT2D eigenvalue weighted by Gasteiger charge is 2.39. The Morgan fingerprint density at radius 1 is 1.18 bits per heavy atom. The predicted molar refractivity (Wildman–Crippen MR) is 74.1 cm³/mol. The van der Waals surface area contributed by atoms with Gasteiger partial charge in [-0.1, -0.05) is 12.5 Å². The van der Waals surface area contributed by atoms with Crippen molar-refractivity contribution in [1.29, 1.82) is 0 Å². The zero-order valence-electron chi connectivity index (χ0n) is 11.7. The smallest absolute Gasteiger partial charge is 0.0221 e. The van der Waals surface area contributed by atoms with Gasteiger partial charge in [0.2, 0.25) is 0 Å². The van der Waals surface area contributed by atoms with Gasteiger partial charge < -0.3 is 10.2 Å². The SMILES string of the molecule is C=CC(C)NC1C2CCCC1CN(C(C)C)C2. The van der Waals surface area contributed by atoms with Crippen LogP contribution in [0.3, 0.4) is 0 Å². The van der Waals surface area contributed by atoms with E-state index in [-0.39, 0.29) is 0 Å². The van der Waals surface area contributed by atoms with Gasteiger partial charge in [0.05, 0.1) is 0 Å². The lowest BCUT2D eigenvalue weighted by Crippen LogP contribution is -2.59. The highest BCUT2D eigenvalue weighted by atomic mass is 15.2. The van der Waals surface area contributed by atoms with Crippen LogP contribution in [0.2, 0.25) is 0 Å². The Labute approximate surface area is 106 Å². The van der Waals surface area contributed by atoms with Crippen molar-refractivity contribution in [3.8, 4) is 0 Å². The van der Waals surface area contributed by atoms with E-state index in [0.717, 1.165) is 17.9 Å². The van der Waals surface area contributed by atoms with Crippen molar-refractivity contribution in [1.82, 2.24) is 10.2 Å². The van der Waals surface area contributed by atoms with Crippen molar-refractivity contribution in [3.63, 3.8) is 0 Å². The summed E-state index contributed by atoms with van der Waals surface area (Å²) in [7, 11) is 0. The Hall–Kier alpha value is -0.340.